The Kier molecular flexibility index (Phi) is 13.2. The average molecular weight is 913 g/mol. The standard InChI is InChI=1S/C47H76O17/c1-42(2)14-16-47(41(58)64-40-37(57)34(54)31(51)25(20-49)61-40)17-15-45(6)22(23(47)18-42)8-9-28-44(5)12-11-29(43(3,4)27(44)10-13-46(28,45)7)63-38-35(55)32(52)26(21-59-38)62-39-36(56)33(53)30(50)24(19-48)60-39/h8,23-40,48-57H,9-21H2,1-7H3. The molecule has 3 heterocycles. The molecule has 3 aliphatic heterocycles. The highest BCUT2D eigenvalue weighted by Crippen LogP contribution is 2.76. The lowest BCUT2D eigenvalue weighted by atomic mass is 9.33. The van der Waals surface area contributed by atoms with Crippen molar-refractivity contribution in [2.24, 2.45) is 50.2 Å². The molecule has 10 N–H and O–H groups in total. The first-order valence-electron chi connectivity index (χ1n) is 23.7. The van der Waals surface area contributed by atoms with E-state index < -0.39 is 111 Å². The number of carbonyl (C=O) groups excluding carboxylic acids is 1. The molecule has 0 aromatic carbocycles. The van der Waals surface area contributed by atoms with E-state index in [9.17, 15) is 55.9 Å². The van der Waals surface area contributed by atoms with Gasteiger partial charge in [0.15, 0.2) is 12.6 Å². The lowest BCUT2D eigenvalue weighted by Crippen LogP contribution is -2.66. The number of rotatable bonds is 8. The van der Waals surface area contributed by atoms with Gasteiger partial charge in [-0.25, -0.2) is 0 Å². The van der Waals surface area contributed by atoms with Crippen LogP contribution in [0.2, 0.25) is 0 Å². The first-order valence-corrected chi connectivity index (χ1v) is 23.7. The number of fused-ring (bicyclic) bond motifs is 7. The molecule has 4 saturated carbocycles. The maximum atomic E-state index is 14.6. The molecule has 17 heteroatoms. The van der Waals surface area contributed by atoms with Crippen molar-refractivity contribution in [1.82, 2.24) is 0 Å². The van der Waals surface area contributed by atoms with E-state index in [1.807, 2.05) is 0 Å². The van der Waals surface area contributed by atoms with Gasteiger partial charge in [0, 0.05) is 0 Å². The molecule has 64 heavy (non-hydrogen) atoms. The topological polar surface area (TPSA) is 275 Å². The van der Waals surface area contributed by atoms with Crippen LogP contribution in [0.1, 0.15) is 113 Å². The number of hydrogen-bond donors (Lipinski definition) is 10. The fourth-order valence-electron chi connectivity index (χ4n) is 14.7. The summed E-state index contributed by atoms with van der Waals surface area (Å²) in [5, 5.41) is 104. The molecule has 5 aliphatic carbocycles. The largest absolute Gasteiger partial charge is 0.432 e. The molecule has 8 rings (SSSR count). The summed E-state index contributed by atoms with van der Waals surface area (Å²) in [5.74, 6) is -0.0276. The first kappa shape index (κ1) is 49.0. The fraction of sp³-hybridized carbons (Fsp3) is 0.936. The van der Waals surface area contributed by atoms with Crippen molar-refractivity contribution < 1.29 is 84.3 Å². The first-order chi connectivity index (χ1) is 29.9. The normalized spacial score (nSPS) is 53.4. The predicted molar refractivity (Wildman–Crippen MR) is 224 cm³/mol. The van der Waals surface area contributed by atoms with Gasteiger partial charge in [0.25, 0.3) is 0 Å². The molecule has 0 amide bonds. The minimum Gasteiger partial charge on any atom is -0.432 e. The van der Waals surface area contributed by atoms with Crippen LogP contribution in [-0.2, 0) is 33.2 Å². The van der Waals surface area contributed by atoms with E-state index in [0.717, 1.165) is 44.9 Å². The van der Waals surface area contributed by atoms with Crippen LogP contribution in [0.3, 0.4) is 0 Å². The summed E-state index contributed by atoms with van der Waals surface area (Å²) in [7, 11) is 0. The second-order valence-electron chi connectivity index (χ2n) is 23.0. The third-order valence-corrected chi connectivity index (χ3v) is 18.9. The highest BCUT2D eigenvalue weighted by atomic mass is 16.7. The third kappa shape index (κ3) is 7.58. The van der Waals surface area contributed by atoms with E-state index in [0.29, 0.717) is 25.2 Å². The molecule has 366 valence electrons. The van der Waals surface area contributed by atoms with Gasteiger partial charge in [0.05, 0.1) is 31.3 Å². The summed E-state index contributed by atoms with van der Waals surface area (Å²) >= 11 is 0. The minimum atomic E-state index is -1.68. The smallest absolute Gasteiger partial charge is 0.315 e. The number of carbonyl (C=O) groups is 1. The Morgan fingerprint density at radius 2 is 1.25 bits per heavy atom. The number of aliphatic hydroxyl groups excluding tert-OH is 10. The van der Waals surface area contributed by atoms with Gasteiger partial charge in [0.2, 0.25) is 6.29 Å². The maximum absolute atomic E-state index is 14.6. The van der Waals surface area contributed by atoms with Crippen molar-refractivity contribution in [2.45, 2.75) is 205 Å². The summed E-state index contributed by atoms with van der Waals surface area (Å²) in [6, 6.07) is 0. The van der Waals surface area contributed by atoms with Crippen LogP contribution in [0.15, 0.2) is 11.6 Å². The van der Waals surface area contributed by atoms with Crippen LogP contribution < -0.4 is 0 Å². The molecular weight excluding hydrogens is 836 g/mol. The van der Waals surface area contributed by atoms with Crippen molar-refractivity contribution in [3.8, 4) is 0 Å². The third-order valence-electron chi connectivity index (χ3n) is 18.9. The number of aliphatic hydroxyl groups is 10. The summed E-state index contributed by atoms with van der Waals surface area (Å²) in [6.45, 7) is 14.8. The summed E-state index contributed by atoms with van der Waals surface area (Å²) in [6.07, 6.45) is -10.6. The molecule has 0 aromatic rings. The zero-order valence-electron chi connectivity index (χ0n) is 38.5. The highest BCUT2D eigenvalue weighted by Gasteiger charge is 2.70. The Balaban J connectivity index is 0.982. The van der Waals surface area contributed by atoms with Crippen molar-refractivity contribution in [3.63, 3.8) is 0 Å². The van der Waals surface area contributed by atoms with Crippen LogP contribution in [0.5, 0.6) is 0 Å². The highest BCUT2D eigenvalue weighted by molar-refractivity contribution is 5.79. The number of allylic oxidation sites excluding steroid dienone is 2. The van der Waals surface area contributed by atoms with Crippen molar-refractivity contribution >= 4 is 5.97 Å². The van der Waals surface area contributed by atoms with E-state index in [2.05, 4.69) is 54.5 Å². The quantitative estimate of drug-likeness (QED) is 0.0916. The Bertz CT molecular complexity index is 1740. The lowest BCUT2D eigenvalue weighted by Gasteiger charge is -2.71. The molecule has 0 spiro atoms. The fourth-order valence-corrected chi connectivity index (χ4v) is 14.7. The average Bonchev–Trinajstić information content (AvgIpc) is 3.24. The van der Waals surface area contributed by atoms with Gasteiger partial charge in [-0.3, -0.25) is 4.79 Å². The molecule has 0 radical (unpaired) electrons. The number of hydrogen-bond acceptors (Lipinski definition) is 17. The summed E-state index contributed by atoms with van der Waals surface area (Å²) in [5.41, 5.74) is -0.373. The van der Waals surface area contributed by atoms with E-state index in [-0.39, 0.29) is 51.6 Å². The van der Waals surface area contributed by atoms with Gasteiger partial charge in [0.1, 0.15) is 67.1 Å². The van der Waals surface area contributed by atoms with Crippen molar-refractivity contribution in [2.75, 3.05) is 19.8 Å². The van der Waals surface area contributed by atoms with E-state index in [1.54, 1.807) is 0 Å². The van der Waals surface area contributed by atoms with E-state index in [4.69, 9.17) is 28.4 Å². The van der Waals surface area contributed by atoms with Gasteiger partial charge >= 0.3 is 5.97 Å². The molecule has 0 bridgehead atoms. The summed E-state index contributed by atoms with van der Waals surface area (Å²) in [4.78, 5) is 14.6. The molecular formula is C47H76O17. The zero-order chi connectivity index (χ0) is 46.7. The van der Waals surface area contributed by atoms with Gasteiger partial charge in [-0.2, -0.15) is 0 Å². The molecule has 3 saturated heterocycles. The van der Waals surface area contributed by atoms with Gasteiger partial charge in [-0.1, -0.05) is 60.1 Å². The van der Waals surface area contributed by atoms with E-state index in [1.165, 1.54) is 5.57 Å². The maximum Gasteiger partial charge on any atom is 0.315 e. The van der Waals surface area contributed by atoms with Crippen LogP contribution in [-0.4, -0.2) is 169 Å². The molecule has 0 aromatic heterocycles. The SMILES string of the molecule is CC1(C)CCC2(C(=O)OC3OC(CO)C(O)C(O)C3O)CCC3(C)C(=CCC4C5(C)CCC(OC6OCC(OC7OC(CO)C(O)C(O)C7O)C(O)C6O)C(C)(C)C5CCC43C)C2C1. The van der Waals surface area contributed by atoms with Gasteiger partial charge < -0.3 is 79.5 Å². The Hall–Kier alpha value is -1.39. The van der Waals surface area contributed by atoms with E-state index >= 15 is 0 Å². The predicted octanol–water partition coefficient (Wildman–Crippen LogP) is 0.780. The van der Waals surface area contributed by atoms with Crippen LogP contribution >= 0.6 is 0 Å². The zero-order valence-corrected chi connectivity index (χ0v) is 38.5. The Labute approximate surface area is 376 Å². The second-order valence-corrected chi connectivity index (χ2v) is 23.0. The van der Waals surface area contributed by atoms with Crippen molar-refractivity contribution in [1.29, 1.82) is 0 Å². The van der Waals surface area contributed by atoms with Gasteiger partial charge in [-0.05, 0) is 109 Å². The van der Waals surface area contributed by atoms with Crippen LogP contribution in [0, 0.1) is 50.2 Å². The van der Waals surface area contributed by atoms with Crippen LogP contribution in [0.4, 0.5) is 0 Å². The Morgan fingerprint density at radius 3 is 1.89 bits per heavy atom. The molecule has 22 atom stereocenters. The lowest BCUT2D eigenvalue weighted by molar-refractivity contribution is -0.351. The van der Waals surface area contributed by atoms with Crippen molar-refractivity contribution in [3.05, 3.63) is 11.6 Å². The molecule has 7 fully saturated rings. The second kappa shape index (κ2) is 17.2. The Morgan fingerprint density at radius 1 is 0.656 bits per heavy atom. The van der Waals surface area contributed by atoms with Crippen LogP contribution in [0.25, 0.3) is 0 Å². The number of esters is 1. The van der Waals surface area contributed by atoms with Gasteiger partial charge in [-0.15, -0.1) is 0 Å². The molecule has 8 aliphatic rings. The number of ether oxygens (including phenoxy) is 6. The monoisotopic (exact) mass is 913 g/mol. The minimum absolute atomic E-state index is 0.0373. The molecule has 17 nitrogen and oxygen atoms in total. The summed E-state index contributed by atoms with van der Waals surface area (Å²) < 4.78 is 35.5. The molecule has 22 unspecified atom stereocenters.